The molecular formula is C38H42F3N3O3. The quantitative estimate of drug-likeness (QED) is 0.160. The van der Waals surface area contributed by atoms with Crippen LogP contribution in [0.4, 0.5) is 18.9 Å². The summed E-state index contributed by atoms with van der Waals surface area (Å²) in [4.78, 5) is 8.00. The van der Waals surface area contributed by atoms with Crippen molar-refractivity contribution in [3.63, 3.8) is 0 Å². The third-order valence-electron chi connectivity index (χ3n) is 8.99. The largest absolute Gasteiger partial charge is 0.419 e. The summed E-state index contributed by atoms with van der Waals surface area (Å²) < 4.78 is 61.4. The lowest BCUT2D eigenvalue weighted by atomic mass is 9.94. The van der Waals surface area contributed by atoms with Crippen molar-refractivity contribution in [1.82, 2.24) is 9.88 Å². The summed E-state index contributed by atoms with van der Waals surface area (Å²) in [5.41, 5.74) is 2.76. The fraction of sp³-hybridized carbons (Fsp3) is 0.395. The van der Waals surface area contributed by atoms with Gasteiger partial charge in [-0.1, -0.05) is 91.0 Å². The van der Waals surface area contributed by atoms with Crippen molar-refractivity contribution in [3.05, 3.63) is 132 Å². The summed E-state index contributed by atoms with van der Waals surface area (Å²) >= 11 is 0. The zero-order valence-electron chi connectivity index (χ0n) is 26.5. The number of anilines is 1. The van der Waals surface area contributed by atoms with Crippen LogP contribution in [-0.2, 0) is 40.2 Å². The van der Waals surface area contributed by atoms with Gasteiger partial charge in [-0.3, -0.25) is 9.88 Å². The van der Waals surface area contributed by atoms with E-state index in [0.717, 1.165) is 42.3 Å². The van der Waals surface area contributed by atoms with E-state index in [1.165, 1.54) is 12.3 Å². The minimum Gasteiger partial charge on any atom is -0.371 e. The monoisotopic (exact) mass is 645 g/mol. The molecule has 0 aliphatic carbocycles. The summed E-state index contributed by atoms with van der Waals surface area (Å²) in [6, 6.07) is 31.8. The third kappa shape index (κ3) is 9.20. The molecule has 2 fully saturated rings. The molecule has 1 aromatic heterocycles. The van der Waals surface area contributed by atoms with Gasteiger partial charge in [0.05, 0.1) is 43.3 Å². The van der Waals surface area contributed by atoms with Crippen LogP contribution < -0.4 is 4.90 Å². The van der Waals surface area contributed by atoms with Crippen molar-refractivity contribution in [1.29, 1.82) is 0 Å². The molecule has 0 amide bonds. The minimum atomic E-state index is -4.45. The molecular weight excluding hydrogens is 603 g/mol. The lowest BCUT2D eigenvalue weighted by Gasteiger charge is -2.45. The molecule has 3 heterocycles. The minimum absolute atomic E-state index is 0.185. The van der Waals surface area contributed by atoms with Gasteiger partial charge >= 0.3 is 6.18 Å². The topological polar surface area (TPSA) is 47.1 Å². The van der Waals surface area contributed by atoms with Crippen LogP contribution in [0, 0.1) is 5.92 Å². The van der Waals surface area contributed by atoms with Gasteiger partial charge in [-0.05, 0) is 41.5 Å². The second kappa shape index (κ2) is 15.9. The van der Waals surface area contributed by atoms with Crippen molar-refractivity contribution >= 4 is 5.69 Å². The first-order chi connectivity index (χ1) is 22.9. The van der Waals surface area contributed by atoms with Crippen LogP contribution in [0.15, 0.2) is 109 Å². The molecule has 4 aromatic rings. The van der Waals surface area contributed by atoms with E-state index in [1.54, 1.807) is 0 Å². The Balaban J connectivity index is 1.20. The Hall–Kier alpha value is -3.76. The van der Waals surface area contributed by atoms with Gasteiger partial charge < -0.3 is 19.1 Å². The number of alkyl halides is 3. The lowest BCUT2D eigenvalue weighted by Crippen LogP contribution is -2.59. The smallest absolute Gasteiger partial charge is 0.371 e. The van der Waals surface area contributed by atoms with E-state index in [9.17, 15) is 13.2 Å². The Labute approximate surface area is 275 Å². The standard InChI is InChI=1S/C38H42F3N3O3/c39-38(40,41)33-21-42-19-18-34(33)44-20-10-17-32(23-44)22-43-24-35(45-26-29-11-4-1-5-12-29)37(47-28-31-15-8-3-9-16-31)36(25-43)46-27-30-13-6-2-7-14-30/h1-9,11-16,18-19,21,32,35-37H,10,17,20,22-28H2/t32-,35-,36-/m0/s1. The number of benzene rings is 3. The van der Waals surface area contributed by atoms with Gasteiger partial charge in [-0.2, -0.15) is 13.2 Å². The number of pyridine rings is 1. The van der Waals surface area contributed by atoms with Gasteiger partial charge in [-0.15, -0.1) is 0 Å². The van der Waals surface area contributed by atoms with Crippen LogP contribution in [0.3, 0.4) is 0 Å². The number of likely N-dealkylation sites (tertiary alicyclic amines) is 1. The third-order valence-corrected chi connectivity index (χ3v) is 8.99. The fourth-order valence-electron chi connectivity index (χ4n) is 6.69. The van der Waals surface area contributed by atoms with E-state index in [2.05, 4.69) is 46.3 Å². The Kier molecular flexibility index (Phi) is 11.2. The van der Waals surface area contributed by atoms with Crippen molar-refractivity contribution in [2.24, 2.45) is 5.92 Å². The first-order valence-electron chi connectivity index (χ1n) is 16.4. The first kappa shape index (κ1) is 33.2. The zero-order chi connectivity index (χ0) is 32.5. The summed E-state index contributed by atoms with van der Waals surface area (Å²) in [6.45, 7) is 4.45. The number of aromatic nitrogens is 1. The summed E-state index contributed by atoms with van der Waals surface area (Å²) in [5, 5.41) is 0. The highest BCUT2D eigenvalue weighted by atomic mass is 19.4. The Bertz CT molecular complexity index is 1460. The highest BCUT2D eigenvalue weighted by Crippen LogP contribution is 2.37. The highest BCUT2D eigenvalue weighted by Gasteiger charge is 2.41. The number of rotatable bonds is 12. The van der Waals surface area contributed by atoms with E-state index >= 15 is 0 Å². The molecule has 0 saturated carbocycles. The van der Waals surface area contributed by atoms with E-state index in [-0.39, 0.29) is 29.9 Å². The van der Waals surface area contributed by atoms with Crippen molar-refractivity contribution in [3.8, 4) is 0 Å². The van der Waals surface area contributed by atoms with Gasteiger partial charge in [0.25, 0.3) is 0 Å². The van der Waals surface area contributed by atoms with Gasteiger partial charge in [0.2, 0.25) is 0 Å². The fourth-order valence-corrected chi connectivity index (χ4v) is 6.69. The lowest BCUT2D eigenvalue weighted by molar-refractivity contribution is -0.185. The molecule has 6 rings (SSSR count). The number of piperidine rings is 2. The molecule has 2 aliphatic heterocycles. The maximum absolute atomic E-state index is 13.8. The second-order valence-corrected chi connectivity index (χ2v) is 12.5. The van der Waals surface area contributed by atoms with Crippen LogP contribution in [0.2, 0.25) is 0 Å². The van der Waals surface area contributed by atoms with E-state index in [4.69, 9.17) is 14.2 Å². The Morgan fingerprint density at radius 2 is 1.21 bits per heavy atom. The molecule has 6 nitrogen and oxygen atoms in total. The molecule has 0 bridgehead atoms. The van der Waals surface area contributed by atoms with Crippen LogP contribution in [0.25, 0.3) is 0 Å². The second-order valence-electron chi connectivity index (χ2n) is 12.5. The SMILES string of the molecule is FC(F)(F)c1cnccc1N1CCC[C@@H](CN2C[C@H](OCc3ccccc3)C(OCc3ccccc3)[C@@H](OCc3ccccc3)C2)C1. The molecule has 0 spiro atoms. The number of ether oxygens (including phenoxy) is 3. The van der Waals surface area contributed by atoms with Gasteiger partial charge in [0, 0.05) is 45.1 Å². The van der Waals surface area contributed by atoms with Crippen LogP contribution in [0.5, 0.6) is 0 Å². The van der Waals surface area contributed by atoms with Gasteiger partial charge in [0.15, 0.2) is 0 Å². The van der Waals surface area contributed by atoms with Crippen molar-refractivity contribution < 1.29 is 27.4 Å². The summed E-state index contributed by atoms with van der Waals surface area (Å²) in [5.74, 6) is 0.185. The molecule has 248 valence electrons. The highest BCUT2D eigenvalue weighted by molar-refractivity contribution is 5.54. The maximum Gasteiger partial charge on any atom is 0.419 e. The first-order valence-corrected chi connectivity index (χ1v) is 16.4. The zero-order valence-corrected chi connectivity index (χ0v) is 26.5. The molecule has 0 unspecified atom stereocenters. The maximum atomic E-state index is 13.8. The van der Waals surface area contributed by atoms with E-state index in [1.807, 2.05) is 59.5 Å². The van der Waals surface area contributed by atoms with Crippen molar-refractivity contribution in [2.45, 2.75) is 57.2 Å². The number of halogens is 3. The van der Waals surface area contributed by atoms with Crippen LogP contribution >= 0.6 is 0 Å². The normalized spacial score (nSPS) is 21.2. The average molecular weight is 646 g/mol. The molecule has 2 saturated heterocycles. The van der Waals surface area contributed by atoms with Crippen LogP contribution in [-0.4, -0.2) is 60.9 Å². The molecule has 0 radical (unpaired) electrons. The Morgan fingerprint density at radius 1 is 0.681 bits per heavy atom. The number of hydrogen-bond donors (Lipinski definition) is 0. The number of hydrogen-bond acceptors (Lipinski definition) is 6. The van der Waals surface area contributed by atoms with Crippen molar-refractivity contribution in [2.75, 3.05) is 37.6 Å². The molecule has 3 atom stereocenters. The number of nitrogens with zero attached hydrogens (tertiary/aromatic N) is 3. The van der Waals surface area contributed by atoms with Crippen LogP contribution in [0.1, 0.15) is 35.1 Å². The predicted molar refractivity (Wildman–Crippen MR) is 176 cm³/mol. The summed E-state index contributed by atoms with van der Waals surface area (Å²) in [7, 11) is 0. The van der Waals surface area contributed by atoms with Gasteiger partial charge in [0.1, 0.15) is 6.10 Å². The molecule has 3 aromatic carbocycles. The Morgan fingerprint density at radius 3 is 1.74 bits per heavy atom. The molecule has 0 N–H and O–H groups in total. The van der Waals surface area contributed by atoms with E-state index in [0.29, 0.717) is 46.0 Å². The predicted octanol–water partition coefficient (Wildman–Crippen LogP) is 7.39. The molecule has 47 heavy (non-hydrogen) atoms. The van der Waals surface area contributed by atoms with Gasteiger partial charge in [-0.25, -0.2) is 0 Å². The summed E-state index contributed by atoms with van der Waals surface area (Å²) in [6.07, 6.45) is -1.17. The molecule has 9 heteroatoms. The average Bonchev–Trinajstić information content (AvgIpc) is 3.10. The van der Waals surface area contributed by atoms with E-state index < -0.39 is 11.7 Å². The molecule has 2 aliphatic rings.